The molecule has 1 unspecified atom stereocenters. The normalized spacial score (nSPS) is 14.3. The van der Waals surface area contributed by atoms with E-state index < -0.39 is 46.3 Å². The zero-order valence-corrected chi connectivity index (χ0v) is 22.2. The van der Waals surface area contributed by atoms with E-state index in [-0.39, 0.29) is 22.9 Å². The SMILES string of the molecule is CCC(C)(C)C(C#N)N(C[C@@H](O)[C@H](Cc1ccccc1)NC(=O)O)S(=O)(=O)c1cccc(NC(C)=O)c1. The van der Waals surface area contributed by atoms with Crippen LogP contribution in [0.3, 0.4) is 0 Å². The molecule has 0 radical (unpaired) electrons. The van der Waals surface area contributed by atoms with Crippen molar-refractivity contribution in [2.45, 2.75) is 63.6 Å². The van der Waals surface area contributed by atoms with E-state index in [0.717, 1.165) is 9.87 Å². The fourth-order valence-corrected chi connectivity index (χ4v) is 5.62. The summed E-state index contributed by atoms with van der Waals surface area (Å²) >= 11 is 0. The third-order valence-corrected chi connectivity index (χ3v) is 8.09. The summed E-state index contributed by atoms with van der Waals surface area (Å²) in [5, 5.41) is 35.4. The standard InChI is InChI=1S/C26H34N4O6S/c1-5-26(3,4)24(16-27)30(37(35,36)21-13-9-12-20(15-21)28-18(2)31)17-23(32)22(29-25(33)34)14-19-10-7-6-8-11-19/h6-13,15,22-24,29,32H,5,14,17H2,1-4H3,(H,28,31)(H,33,34)/t22-,23+,24?/m0/s1. The zero-order valence-electron chi connectivity index (χ0n) is 21.4. The number of carbonyl (C=O) groups is 2. The highest BCUT2D eigenvalue weighted by Gasteiger charge is 2.42. The molecule has 11 heteroatoms. The van der Waals surface area contributed by atoms with E-state index in [1.165, 1.54) is 31.2 Å². The van der Waals surface area contributed by atoms with Crippen LogP contribution in [0.25, 0.3) is 0 Å². The van der Waals surface area contributed by atoms with Gasteiger partial charge in [0.25, 0.3) is 0 Å². The lowest BCUT2D eigenvalue weighted by Crippen LogP contribution is -2.55. The molecule has 0 spiro atoms. The number of carboxylic acid groups (broad SMARTS) is 1. The predicted molar refractivity (Wildman–Crippen MR) is 139 cm³/mol. The molecular formula is C26H34N4O6S. The monoisotopic (exact) mass is 530 g/mol. The van der Waals surface area contributed by atoms with Crippen LogP contribution >= 0.6 is 0 Å². The minimum absolute atomic E-state index is 0.106. The Balaban J connectivity index is 2.54. The van der Waals surface area contributed by atoms with Crippen LogP contribution in [-0.2, 0) is 21.2 Å². The Labute approximate surface area is 218 Å². The van der Waals surface area contributed by atoms with E-state index in [2.05, 4.69) is 16.7 Å². The molecule has 0 aliphatic carbocycles. The first kappa shape index (κ1) is 29.8. The van der Waals surface area contributed by atoms with Crippen molar-refractivity contribution in [1.29, 1.82) is 5.26 Å². The molecular weight excluding hydrogens is 496 g/mol. The Morgan fingerprint density at radius 3 is 2.32 bits per heavy atom. The van der Waals surface area contributed by atoms with Gasteiger partial charge in [-0.15, -0.1) is 0 Å². The van der Waals surface area contributed by atoms with Crippen LogP contribution in [0.2, 0.25) is 0 Å². The third kappa shape index (κ3) is 8.01. The van der Waals surface area contributed by atoms with E-state index >= 15 is 0 Å². The van der Waals surface area contributed by atoms with Gasteiger partial charge in [-0.25, -0.2) is 13.2 Å². The average molecular weight is 531 g/mol. The van der Waals surface area contributed by atoms with Gasteiger partial charge in [-0.2, -0.15) is 9.57 Å². The molecule has 0 bridgehead atoms. The first-order valence-corrected chi connectivity index (χ1v) is 13.3. The summed E-state index contributed by atoms with van der Waals surface area (Å²) < 4.78 is 28.7. The summed E-state index contributed by atoms with van der Waals surface area (Å²) in [6.45, 7) is 6.09. The molecule has 0 aromatic heterocycles. The topological polar surface area (TPSA) is 160 Å². The number of hydrogen-bond acceptors (Lipinski definition) is 6. The highest BCUT2D eigenvalue weighted by Crippen LogP contribution is 2.33. The third-order valence-electron chi connectivity index (χ3n) is 6.26. The van der Waals surface area contributed by atoms with Gasteiger partial charge in [-0.1, -0.05) is 57.2 Å². The Morgan fingerprint density at radius 1 is 1.14 bits per heavy atom. The van der Waals surface area contributed by atoms with Gasteiger partial charge in [-0.05, 0) is 42.0 Å². The van der Waals surface area contributed by atoms with Crippen molar-refractivity contribution in [3.63, 3.8) is 0 Å². The minimum atomic E-state index is -4.37. The number of carbonyl (C=O) groups excluding carboxylic acids is 1. The molecule has 2 aromatic rings. The van der Waals surface area contributed by atoms with Crippen molar-refractivity contribution in [2.75, 3.05) is 11.9 Å². The smallest absolute Gasteiger partial charge is 0.404 e. The Hall–Kier alpha value is -3.46. The first-order chi connectivity index (χ1) is 17.3. The molecule has 10 nitrogen and oxygen atoms in total. The van der Waals surface area contributed by atoms with Gasteiger partial charge in [0.2, 0.25) is 15.9 Å². The molecule has 2 amide bonds. The van der Waals surface area contributed by atoms with Gasteiger partial charge in [0.05, 0.1) is 23.1 Å². The average Bonchev–Trinajstić information content (AvgIpc) is 2.83. The van der Waals surface area contributed by atoms with Crippen LogP contribution in [0, 0.1) is 16.7 Å². The predicted octanol–water partition coefficient (Wildman–Crippen LogP) is 3.20. The number of hydrogen-bond donors (Lipinski definition) is 4. The molecule has 0 aliphatic rings. The van der Waals surface area contributed by atoms with Gasteiger partial charge in [-0.3, -0.25) is 4.79 Å². The Morgan fingerprint density at radius 2 is 1.78 bits per heavy atom. The molecule has 0 heterocycles. The van der Waals surface area contributed by atoms with E-state index in [1.54, 1.807) is 44.2 Å². The maximum Gasteiger partial charge on any atom is 0.404 e. The second-order valence-corrected chi connectivity index (χ2v) is 11.4. The van der Waals surface area contributed by atoms with Gasteiger partial charge < -0.3 is 20.8 Å². The maximum atomic E-state index is 13.9. The van der Waals surface area contributed by atoms with Gasteiger partial charge in [0, 0.05) is 19.2 Å². The van der Waals surface area contributed by atoms with Crippen molar-refractivity contribution >= 4 is 27.7 Å². The van der Waals surface area contributed by atoms with Crippen molar-refractivity contribution < 1.29 is 28.2 Å². The number of nitriles is 1. The Bertz CT molecular complexity index is 1230. The molecule has 2 rings (SSSR count). The number of aliphatic hydroxyl groups excluding tert-OH is 1. The summed E-state index contributed by atoms with van der Waals surface area (Å²) in [4.78, 5) is 22.8. The molecule has 4 N–H and O–H groups in total. The molecule has 0 saturated heterocycles. The van der Waals surface area contributed by atoms with Crippen molar-refractivity contribution in [3.05, 3.63) is 60.2 Å². The lowest BCUT2D eigenvalue weighted by Gasteiger charge is -2.38. The molecule has 37 heavy (non-hydrogen) atoms. The number of sulfonamides is 1. The van der Waals surface area contributed by atoms with Crippen molar-refractivity contribution in [2.24, 2.45) is 5.41 Å². The Kier molecular flexibility index (Phi) is 10.2. The minimum Gasteiger partial charge on any atom is -0.465 e. The van der Waals surface area contributed by atoms with Crippen LogP contribution < -0.4 is 10.6 Å². The quantitative estimate of drug-likeness (QED) is 0.328. The second kappa shape index (κ2) is 12.7. The molecule has 0 saturated carbocycles. The fraction of sp³-hybridized carbons (Fsp3) is 0.423. The maximum absolute atomic E-state index is 13.9. The largest absolute Gasteiger partial charge is 0.465 e. The van der Waals surface area contributed by atoms with E-state index in [0.29, 0.717) is 6.42 Å². The number of aliphatic hydroxyl groups is 1. The number of benzene rings is 2. The molecule has 0 aliphatic heterocycles. The molecule has 0 fully saturated rings. The molecule has 3 atom stereocenters. The number of anilines is 1. The highest BCUT2D eigenvalue weighted by molar-refractivity contribution is 7.89. The second-order valence-electron chi connectivity index (χ2n) is 9.47. The number of amides is 2. The van der Waals surface area contributed by atoms with Crippen LogP contribution in [0.5, 0.6) is 0 Å². The van der Waals surface area contributed by atoms with Crippen LogP contribution in [0.4, 0.5) is 10.5 Å². The van der Waals surface area contributed by atoms with Crippen molar-refractivity contribution in [1.82, 2.24) is 9.62 Å². The van der Waals surface area contributed by atoms with E-state index in [1.807, 2.05) is 6.92 Å². The first-order valence-electron chi connectivity index (χ1n) is 11.8. The van der Waals surface area contributed by atoms with Crippen LogP contribution in [0.1, 0.15) is 39.7 Å². The summed E-state index contributed by atoms with van der Waals surface area (Å²) in [7, 11) is -4.37. The number of nitrogens with zero attached hydrogens (tertiary/aromatic N) is 2. The van der Waals surface area contributed by atoms with E-state index in [9.17, 15) is 33.5 Å². The number of rotatable bonds is 12. The number of nitrogens with one attached hydrogen (secondary N) is 2. The van der Waals surface area contributed by atoms with Crippen LogP contribution in [0.15, 0.2) is 59.5 Å². The summed E-state index contributed by atoms with van der Waals surface area (Å²) in [6, 6.07) is 14.3. The summed E-state index contributed by atoms with van der Waals surface area (Å²) in [6.07, 6.45) is -2.29. The molecule has 2 aromatic carbocycles. The lowest BCUT2D eigenvalue weighted by molar-refractivity contribution is -0.114. The zero-order chi connectivity index (χ0) is 27.8. The van der Waals surface area contributed by atoms with Crippen molar-refractivity contribution in [3.8, 4) is 6.07 Å². The van der Waals surface area contributed by atoms with Gasteiger partial charge in [0.15, 0.2) is 0 Å². The summed E-state index contributed by atoms with van der Waals surface area (Å²) in [5.74, 6) is -0.382. The molecule has 200 valence electrons. The fourth-order valence-electron chi connectivity index (χ4n) is 3.86. The summed E-state index contributed by atoms with van der Waals surface area (Å²) in [5.41, 5.74) is 0.196. The van der Waals surface area contributed by atoms with Gasteiger partial charge in [0.1, 0.15) is 6.04 Å². The lowest BCUT2D eigenvalue weighted by atomic mass is 9.82. The van der Waals surface area contributed by atoms with Gasteiger partial charge >= 0.3 is 6.09 Å². The van der Waals surface area contributed by atoms with Crippen LogP contribution in [-0.4, -0.2) is 59.7 Å². The highest BCUT2D eigenvalue weighted by atomic mass is 32.2. The van der Waals surface area contributed by atoms with E-state index in [4.69, 9.17) is 0 Å².